The average molecular weight is 306 g/mol. The smallest absolute Gasteiger partial charge is 0.249 e. The predicted molar refractivity (Wildman–Crippen MR) is 84.7 cm³/mol. The third-order valence-corrected chi connectivity index (χ3v) is 4.99. The molecular formula is C16H16ClNOS. The minimum Gasteiger partial charge on any atom is -0.317 e. The van der Waals surface area contributed by atoms with Crippen molar-refractivity contribution in [3.05, 3.63) is 62.4 Å². The number of hydrogen-bond donors (Lipinski definition) is 1. The minimum atomic E-state index is 0.0178. The molecule has 1 aromatic carbocycles. The molecule has 2 nitrogen and oxygen atoms in total. The second kappa shape index (κ2) is 6.06. The van der Waals surface area contributed by atoms with Crippen LogP contribution in [0, 0.1) is 0 Å². The molecule has 1 aliphatic carbocycles. The largest absolute Gasteiger partial charge is 0.317 e. The Hall–Kier alpha value is -1.19. The van der Waals surface area contributed by atoms with Crippen molar-refractivity contribution < 1.29 is 0 Å². The van der Waals surface area contributed by atoms with E-state index in [1.54, 1.807) is 17.8 Å². The van der Waals surface area contributed by atoms with Crippen LogP contribution in [0.1, 0.15) is 29.5 Å². The van der Waals surface area contributed by atoms with E-state index in [9.17, 15) is 4.79 Å². The van der Waals surface area contributed by atoms with Gasteiger partial charge in [-0.05, 0) is 54.5 Å². The van der Waals surface area contributed by atoms with Crippen molar-refractivity contribution >= 4 is 23.4 Å². The van der Waals surface area contributed by atoms with Crippen molar-refractivity contribution in [1.82, 2.24) is 4.98 Å². The molecule has 0 saturated carbocycles. The van der Waals surface area contributed by atoms with Crippen molar-refractivity contribution in [3.8, 4) is 0 Å². The summed E-state index contributed by atoms with van der Waals surface area (Å²) >= 11 is 7.60. The Kier molecular flexibility index (Phi) is 4.18. The summed E-state index contributed by atoms with van der Waals surface area (Å²) in [4.78, 5) is 14.7. The number of H-pyrrole nitrogens is 1. The summed E-state index contributed by atoms with van der Waals surface area (Å²) in [5, 5.41) is 1.80. The molecule has 0 unspecified atom stereocenters. The molecule has 0 atom stereocenters. The van der Waals surface area contributed by atoms with Crippen LogP contribution in [0.3, 0.4) is 0 Å². The SMILES string of the molecule is O=c1cc2c(c(SCc3ccc(Cl)cc3)[nH]1)CCCC2. The van der Waals surface area contributed by atoms with E-state index >= 15 is 0 Å². The molecule has 1 N–H and O–H groups in total. The maximum Gasteiger partial charge on any atom is 0.249 e. The van der Waals surface area contributed by atoms with E-state index < -0.39 is 0 Å². The van der Waals surface area contributed by atoms with Gasteiger partial charge in [0.25, 0.3) is 0 Å². The molecular weight excluding hydrogens is 290 g/mol. The lowest BCUT2D eigenvalue weighted by atomic mass is 9.93. The lowest BCUT2D eigenvalue weighted by Gasteiger charge is -2.18. The highest BCUT2D eigenvalue weighted by Gasteiger charge is 2.15. The van der Waals surface area contributed by atoms with Gasteiger partial charge in [0.2, 0.25) is 5.56 Å². The van der Waals surface area contributed by atoms with Gasteiger partial charge in [0, 0.05) is 16.8 Å². The van der Waals surface area contributed by atoms with Gasteiger partial charge in [-0.25, -0.2) is 0 Å². The second-order valence-corrected chi connectivity index (χ2v) is 6.51. The molecule has 1 aromatic heterocycles. The normalized spacial score (nSPS) is 14.1. The second-order valence-electron chi connectivity index (χ2n) is 5.09. The highest BCUT2D eigenvalue weighted by molar-refractivity contribution is 7.98. The fourth-order valence-electron chi connectivity index (χ4n) is 2.59. The number of aryl methyl sites for hydroxylation is 1. The summed E-state index contributed by atoms with van der Waals surface area (Å²) in [5.74, 6) is 0.851. The molecule has 0 aliphatic heterocycles. The molecule has 104 valence electrons. The summed E-state index contributed by atoms with van der Waals surface area (Å²) in [6.45, 7) is 0. The molecule has 0 fully saturated rings. The summed E-state index contributed by atoms with van der Waals surface area (Å²) in [5.41, 5.74) is 3.81. The molecule has 0 amide bonds. The number of nitrogens with one attached hydrogen (secondary N) is 1. The van der Waals surface area contributed by atoms with Crippen molar-refractivity contribution in [2.24, 2.45) is 0 Å². The molecule has 4 heteroatoms. The fourth-order valence-corrected chi connectivity index (χ4v) is 3.80. The van der Waals surface area contributed by atoms with E-state index in [4.69, 9.17) is 11.6 Å². The predicted octanol–water partition coefficient (Wildman–Crippen LogP) is 4.20. The lowest BCUT2D eigenvalue weighted by Crippen LogP contribution is -2.14. The molecule has 1 aliphatic rings. The van der Waals surface area contributed by atoms with E-state index in [-0.39, 0.29) is 5.56 Å². The molecule has 0 saturated heterocycles. The molecule has 0 spiro atoms. The number of benzene rings is 1. The summed E-state index contributed by atoms with van der Waals surface area (Å²) < 4.78 is 0. The van der Waals surface area contributed by atoms with Gasteiger partial charge in [-0.1, -0.05) is 23.7 Å². The fraction of sp³-hybridized carbons (Fsp3) is 0.312. The maximum atomic E-state index is 11.7. The van der Waals surface area contributed by atoms with Crippen LogP contribution in [0.4, 0.5) is 0 Å². The molecule has 3 rings (SSSR count). The number of fused-ring (bicyclic) bond motifs is 1. The zero-order valence-corrected chi connectivity index (χ0v) is 12.7. The summed E-state index contributed by atoms with van der Waals surface area (Å²) in [7, 11) is 0. The summed E-state index contributed by atoms with van der Waals surface area (Å²) in [6.07, 6.45) is 4.52. The first-order valence-electron chi connectivity index (χ1n) is 6.85. The van der Waals surface area contributed by atoms with E-state index in [0.717, 1.165) is 28.6 Å². The van der Waals surface area contributed by atoms with Crippen LogP contribution in [-0.4, -0.2) is 4.98 Å². The summed E-state index contributed by atoms with van der Waals surface area (Å²) in [6, 6.07) is 9.63. The Labute approximate surface area is 127 Å². The van der Waals surface area contributed by atoms with Crippen molar-refractivity contribution in [1.29, 1.82) is 0 Å². The number of aromatic amines is 1. The first-order valence-corrected chi connectivity index (χ1v) is 8.21. The first kappa shape index (κ1) is 13.8. The van der Waals surface area contributed by atoms with Crippen molar-refractivity contribution in [3.63, 3.8) is 0 Å². The van der Waals surface area contributed by atoms with Gasteiger partial charge in [0.15, 0.2) is 0 Å². The standard InChI is InChI=1S/C16H16ClNOS/c17-13-7-5-11(6-8-13)10-20-16-14-4-2-1-3-12(14)9-15(19)18-16/h5-9H,1-4,10H2,(H,18,19). The van der Waals surface area contributed by atoms with Crippen LogP contribution in [0.15, 0.2) is 40.2 Å². The van der Waals surface area contributed by atoms with Crippen molar-refractivity contribution in [2.75, 3.05) is 0 Å². The molecule has 20 heavy (non-hydrogen) atoms. The zero-order valence-electron chi connectivity index (χ0n) is 11.1. The molecule has 2 aromatic rings. The van der Waals surface area contributed by atoms with E-state index in [0.29, 0.717) is 0 Å². The number of pyridine rings is 1. The van der Waals surface area contributed by atoms with Gasteiger partial charge in [-0.3, -0.25) is 4.79 Å². The third-order valence-electron chi connectivity index (χ3n) is 3.62. The van der Waals surface area contributed by atoms with Crippen LogP contribution in [-0.2, 0) is 18.6 Å². The first-order chi connectivity index (χ1) is 9.72. The van der Waals surface area contributed by atoms with Crippen LogP contribution in [0.25, 0.3) is 0 Å². The Morgan fingerprint density at radius 1 is 1.15 bits per heavy atom. The van der Waals surface area contributed by atoms with Gasteiger partial charge in [0.1, 0.15) is 0 Å². The van der Waals surface area contributed by atoms with Gasteiger partial charge in [-0.2, -0.15) is 0 Å². The Balaban J connectivity index is 1.82. The van der Waals surface area contributed by atoms with Gasteiger partial charge < -0.3 is 4.98 Å². The van der Waals surface area contributed by atoms with Crippen molar-refractivity contribution in [2.45, 2.75) is 36.5 Å². The number of aromatic nitrogens is 1. The molecule has 0 bridgehead atoms. The minimum absolute atomic E-state index is 0.0178. The monoisotopic (exact) mass is 305 g/mol. The third kappa shape index (κ3) is 3.10. The van der Waals surface area contributed by atoms with Crippen LogP contribution < -0.4 is 5.56 Å². The van der Waals surface area contributed by atoms with Crippen LogP contribution in [0.5, 0.6) is 0 Å². The maximum absolute atomic E-state index is 11.7. The molecule has 1 heterocycles. The lowest BCUT2D eigenvalue weighted by molar-refractivity contribution is 0.665. The molecule has 0 radical (unpaired) electrons. The topological polar surface area (TPSA) is 32.9 Å². The average Bonchev–Trinajstić information content (AvgIpc) is 2.46. The van der Waals surface area contributed by atoms with Crippen LogP contribution in [0.2, 0.25) is 5.02 Å². The van der Waals surface area contributed by atoms with E-state index in [1.807, 2.05) is 24.3 Å². The quantitative estimate of drug-likeness (QED) is 0.862. The van der Waals surface area contributed by atoms with Crippen LogP contribution >= 0.6 is 23.4 Å². The van der Waals surface area contributed by atoms with Gasteiger partial charge >= 0.3 is 0 Å². The number of hydrogen-bond acceptors (Lipinski definition) is 2. The Bertz CT molecular complexity index is 663. The number of rotatable bonds is 3. The van der Waals surface area contributed by atoms with E-state index in [1.165, 1.54) is 29.5 Å². The van der Waals surface area contributed by atoms with Gasteiger partial charge in [0.05, 0.1) is 5.03 Å². The Morgan fingerprint density at radius 2 is 1.90 bits per heavy atom. The van der Waals surface area contributed by atoms with E-state index in [2.05, 4.69) is 4.98 Å². The highest BCUT2D eigenvalue weighted by atomic mass is 35.5. The number of thioether (sulfide) groups is 1. The highest BCUT2D eigenvalue weighted by Crippen LogP contribution is 2.30. The zero-order chi connectivity index (χ0) is 13.9. The number of halogens is 1. The van der Waals surface area contributed by atoms with Gasteiger partial charge in [-0.15, -0.1) is 11.8 Å². The Morgan fingerprint density at radius 3 is 2.70 bits per heavy atom.